The van der Waals surface area contributed by atoms with Crippen molar-refractivity contribution in [1.29, 1.82) is 0 Å². The fraction of sp³-hybridized carbons (Fsp3) is 1.00. The summed E-state index contributed by atoms with van der Waals surface area (Å²) in [4.78, 5) is 0. The zero-order chi connectivity index (χ0) is 8.36. The molecule has 0 aromatic carbocycles. The number of ether oxygens (including phenoxy) is 2. The summed E-state index contributed by atoms with van der Waals surface area (Å²) in [7, 11) is 1.65. The molecule has 0 heterocycles. The summed E-state index contributed by atoms with van der Waals surface area (Å²) in [5, 5.41) is 0. The van der Waals surface area contributed by atoms with E-state index >= 15 is 0 Å². The average Bonchev–Trinajstić information content (AvgIpc) is 2.03. The van der Waals surface area contributed by atoms with E-state index in [1.165, 1.54) is 32.1 Å². The van der Waals surface area contributed by atoms with Gasteiger partial charge in [-0.2, -0.15) is 0 Å². The molecule has 0 atom stereocenters. The molecule has 0 bridgehead atoms. The monoisotopic (exact) mass is 160 g/mol. The Kier molecular flexibility index (Phi) is 9.85. The molecule has 0 unspecified atom stereocenters. The van der Waals surface area contributed by atoms with Crippen LogP contribution >= 0.6 is 0 Å². The van der Waals surface area contributed by atoms with Gasteiger partial charge in [0.15, 0.2) is 0 Å². The van der Waals surface area contributed by atoms with Crippen molar-refractivity contribution in [3.8, 4) is 0 Å². The predicted molar refractivity (Wildman–Crippen MR) is 46.6 cm³/mol. The van der Waals surface area contributed by atoms with E-state index in [1.807, 2.05) is 0 Å². The van der Waals surface area contributed by atoms with Gasteiger partial charge in [0.05, 0.1) is 0 Å². The Morgan fingerprint density at radius 2 is 1.73 bits per heavy atom. The van der Waals surface area contributed by atoms with E-state index in [4.69, 9.17) is 9.47 Å². The third kappa shape index (κ3) is 9.92. The lowest BCUT2D eigenvalue weighted by atomic mass is 10.2. The molecule has 0 saturated carbocycles. The molecule has 68 valence electrons. The van der Waals surface area contributed by atoms with Crippen LogP contribution in [0.15, 0.2) is 0 Å². The summed E-state index contributed by atoms with van der Waals surface area (Å²) in [5.74, 6) is 0. The van der Waals surface area contributed by atoms with Crippen LogP contribution in [-0.2, 0) is 9.47 Å². The predicted octanol–water partition coefficient (Wildman–Crippen LogP) is 2.58. The van der Waals surface area contributed by atoms with Crippen LogP contribution in [0.1, 0.15) is 39.0 Å². The lowest BCUT2D eigenvalue weighted by Crippen LogP contribution is -1.98. The summed E-state index contributed by atoms with van der Waals surface area (Å²) in [6.07, 6.45) is 6.46. The maximum Gasteiger partial charge on any atom is 0.146 e. The van der Waals surface area contributed by atoms with E-state index in [9.17, 15) is 0 Å². The normalized spacial score (nSPS) is 10.4. The summed E-state index contributed by atoms with van der Waals surface area (Å²) in [6, 6.07) is 0. The number of hydrogen-bond acceptors (Lipinski definition) is 2. The van der Waals surface area contributed by atoms with Crippen molar-refractivity contribution in [3.05, 3.63) is 0 Å². The first-order valence-corrected chi connectivity index (χ1v) is 4.48. The minimum absolute atomic E-state index is 0.438. The quantitative estimate of drug-likeness (QED) is 0.401. The number of methoxy groups -OCH3 is 1. The molecule has 0 fully saturated rings. The summed E-state index contributed by atoms with van der Waals surface area (Å²) >= 11 is 0. The highest BCUT2D eigenvalue weighted by molar-refractivity contribution is 4.40. The zero-order valence-corrected chi connectivity index (χ0v) is 7.77. The molecule has 0 aliphatic carbocycles. The second-order valence-electron chi connectivity index (χ2n) is 2.73. The molecule has 0 aromatic rings. The number of unbranched alkanes of at least 4 members (excludes halogenated alkanes) is 4. The Hall–Kier alpha value is -0.0800. The van der Waals surface area contributed by atoms with Gasteiger partial charge >= 0.3 is 0 Å². The second kappa shape index (κ2) is 9.92. The lowest BCUT2D eigenvalue weighted by Gasteiger charge is -2.01. The van der Waals surface area contributed by atoms with Gasteiger partial charge in [-0.15, -0.1) is 0 Å². The minimum atomic E-state index is 0.438. The first-order valence-electron chi connectivity index (χ1n) is 4.48. The van der Waals surface area contributed by atoms with Crippen molar-refractivity contribution < 1.29 is 9.47 Å². The van der Waals surface area contributed by atoms with Crippen LogP contribution in [0.5, 0.6) is 0 Å². The van der Waals surface area contributed by atoms with E-state index in [1.54, 1.807) is 7.11 Å². The first kappa shape index (κ1) is 10.9. The maximum absolute atomic E-state index is 5.14. The second-order valence-corrected chi connectivity index (χ2v) is 2.73. The van der Waals surface area contributed by atoms with Crippen molar-refractivity contribution in [2.75, 3.05) is 20.5 Å². The van der Waals surface area contributed by atoms with Gasteiger partial charge in [0.1, 0.15) is 6.79 Å². The van der Waals surface area contributed by atoms with Crippen LogP contribution in [0.2, 0.25) is 0 Å². The molecule has 0 radical (unpaired) electrons. The SMILES string of the molecule is CCCCCCCOCOC. The van der Waals surface area contributed by atoms with Gasteiger partial charge in [-0.25, -0.2) is 0 Å². The Morgan fingerprint density at radius 1 is 1.00 bits per heavy atom. The van der Waals surface area contributed by atoms with E-state index in [-0.39, 0.29) is 0 Å². The fourth-order valence-corrected chi connectivity index (χ4v) is 0.950. The fourth-order valence-electron chi connectivity index (χ4n) is 0.950. The van der Waals surface area contributed by atoms with Gasteiger partial charge in [-0.05, 0) is 6.42 Å². The summed E-state index contributed by atoms with van der Waals surface area (Å²) in [5.41, 5.74) is 0. The summed E-state index contributed by atoms with van der Waals surface area (Å²) in [6.45, 7) is 3.51. The highest BCUT2D eigenvalue weighted by Crippen LogP contribution is 2.01. The summed E-state index contributed by atoms with van der Waals surface area (Å²) < 4.78 is 9.89. The van der Waals surface area contributed by atoms with Gasteiger partial charge in [0.25, 0.3) is 0 Å². The third-order valence-corrected chi connectivity index (χ3v) is 1.59. The lowest BCUT2D eigenvalue weighted by molar-refractivity contribution is -0.0315. The Labute approximate surface area is 69.9 Å². The van der Waals surface area contributed by atoms with Crippen molar-refractivity contribution in [3.63, 3.8) is 0 Å². The van der Waals surface area contributed by atoms with Crippen LogP contribution in [0, 0.1) is 0 Å². The van der Waals surface area contributed by atoms with Gasteiger partial charge < -0.3 is 9.47 Å². The Morgan fingerprint density at radius 3 is 2.36 bits per heavy atom. The molecular formula is C9H20O2. The highest BCUT2D eigenvalue weighted by atomic mass is 16.7. The molecule has 0 saturated heterocycles. The molecule has 2 nitrogen and oxygen atoms in total. The highest BCUT2D eigenvalue weighted by Gasteiger charge is 1.88. The smallest absolute Gasteiger partial charge is 0.146 e. The molecule has 0 aromatic heterocycles. The molecule has 0 spiro atoms. The minimum Gasteiger partial charge on any atom is -0.359 e. The molecular weight excluding hydrogens is 140 g/mol. The van der Waals surface area contributed by atoms with Gasteiger partial charge in [-0.1, -0.05) is 32.6 Å². The van der Waals surface area contributed by atoms with Crippen LogP contribution in [0.3, 0.4) is 0 Å². The molecule has 0 aliphatic heterocycles. The van der Waals surface area contributed by atoms with Crippen molar-refractivity contribution in [2.45, 2.75) is 39.0 Å². The van der Waals surface area contributed by atoms with Crippen LogP contribution in [0.4, 0.5) is 0 Å². The van der Waals surface area contributed by atoms with Gasteiger partial charge in [-0.3, -0.25) is 0 Å². The van der Waals surface area contributed by atoms with Crippen LogP contribution in [0.25, 0.3) is 0 Å². The first-order chi connectivity index (χ1) is 5.41. The number of hydrogen-bond donors (Lipinski definition) is 0. The standard InChI is InChI=1S/C9H20O2/c1-3-4-5-6-7-8-11-9-10-2/h3-9H2,1-2H3. The average molecular weight is 160 g/mol. The number of rotatable bonds is 8. The van der Waals surface area contributed by atoms with Crippen molar-refractivity contribution >= 4 is 0 Å². The van der Waals surface area contributed by atoms with E-state index in [2.05, 4.69) is 6.92 Å². The zero-order valence-electron chi connectivity index (χ0n) is 7.77. The molecule has 0 aliphatic rings. The molecule has 0 rings (SSSR count). The van der Waals surface area contributed by atoms with E-state index < -0.39 is 0 Å². The van der Waals surface area contributed by atoms with Crippen molar-refractivity contribution in [1.82, 2.24) is 0 Å². The largest absolute Gasteiger partial charge is 0.359 e. The Balaban J connectivity index is 2.69. The van der Waals surface area contributed by atoms with Crippen LogP contribution in [-0.4, -0.2) is 20.5 Å². The molecule has 0 N–H and O–H groups in total. The van der Waals surface area contributed by atoms with Crippen molar-refractivity contribution in [2.24, 2.45) is 0 Å². The maximum atomic E-state index is 5.14. The molecule has 2 heteroatoms. The van der Waals surface area contributed by atoms with Gasteiger partial charge in [0, 0.05) is 13.7 Å². The van der Waals surface area contributed by atoms with Gasteiger partial charge in [0.2, 0.25) is 0 Å². The molecule has 11 heavy (non-hydrogen) atoms. The Bertz CT molecular complexity index is 56.6. The van der Waals surface area contributed by atoms with Crippen LogP contribution < -0.4 is 0 Å². The van der Waals surface area contributed by atoms with E-state index in [0.29, 0.717) is 6.79 Å². The van der Waals surface area contributed by atoms with E-state index in [0.717, 1.165) is 6.61 Å². The topological polar surface area (TPSA) is 18.5 Å². The third-order valence-electron chi connectivity index (χ3n) is 1.59. The molecule has 0 amide bonds.